The molecule has 2 amide bonds. The number of methoxy groups -OCH3 is 1. The minimum Gasteiger partial charge on any atom is -0.480 e. The van der Waals surface area contributed by atoms with E-state index >= 15 is 0 Å². The van der Waals surface area contributed by atoms with Crippen molar-refractivity contribution >= 4 is 12.0 Å². The van der Waals surface area contributed by atoms with Gasteiger partial charge in [0.15, 0.2) is 0 Å². The van der Waals surface area contributed by atoms with E-state index in [1.54, 1.807) is 0 Å². The van der Waals surface area contributed by atoms with E-state index in [1.165, 1.54) is 12.0 Å². The van der Waals surface area contributed by atoms with Crippen molar-refractivity contribution < 1.29 is 24.2 Å². The van der Waals surface area contributed by atoms with Crippen molar-refractivity contribution in [2.24, 2.45) is 0 Å². The number of carboxylic acid groups (broad SMARTS) is 1. The third-order valence-corrected chi connectivity index (χ3v) is 2.17. The lowest BCUT2D eigenvalue weighted by atomic mass is 10.4. The van der Waals surface area contributed by atoms with Crippen molar-refractivity contribution in [3.63, 3.8) is 0 Å². The summed E-state index contributed by atoms with van der Waals surface area (Å²) in [7, 11) is 1.49. The van der Waals surface area contributed by atoms with Crippen molar-refractivity contribution in [3.8, 4) is 0 Å². The molecule has 0 aliphatic rings. The van der Waals surface area contributed by atoms with Crippen LogP contribution in [0.2, 0.25) is 0 Å². The SMILES string of the molecule is CCOC(C)CNC(=O)N(CCOC)CC(=O)O. The van der Waals surface area contributed by atoms with Crippen LogP contribution in [-0.4, -0.2) is 68.1 Å². The van der Waals surface area contributed by atoms with E-state index in [1.807, 2.05) is 13.8 Å². The van der Waals surface area contributed by atoms with Crippen LogP contribution in [0.25, 0.3) is 0 Å². The number of carbonyl (C=O) groups is 2. The number of urea groups is 1. The fourth-order valence-electron chi connectivity index (χ4n) is 1.30. The highest BCUT2D eigenvalue weighted by atomic mass is 16.5. The van der Waals surface area contributed by atoms with E-state index in [-0.39, 0.29) is 19.2 Å². The van der Waals surface area contributed by atoms with Gasteiger partial charge in [0.2, 0.25) is 0 Å². The number of rotatable bonds is 9. The molecule has 106 valence electrons. The number of carbonyl (C=O) groups excluding carboxylic acids is 1. The molecule has 0 radical (unpaired) electrons. The summed E-state index contributed by atoms with van der Waals surface area (Å²) in [6.07, 6.45) is -0.104. The highest BCUT2D eigenvalue weighted by Crippen LogP contribution is 1.93. The molecule has 18 heavy (non-hydrogen) atoms. The minimum atomic E-state index is -1.06. The predicted molar refractivity (Wildman–Crippen MR) is 65.6 cm³/mol. The summed E-state index contributed by atoms with van der Waals surface area (Å²) in [5, 5.41) is 11.3. The van der Waals surface area contributed by atoms with E-state index in [0.29, 0.717) is 19.8 Å². The van der Waals surface area contributed by atoms with Crippen LogP contribution in [0.1, 0.15) is 13.8 Å². The van der Waals surface area contributed by atoms with Crippen molar-refractivity contribution in [1.82, 2.24) is 10.2 Å². The molecule has 0 saturated heterocycles. The lowest BCUT2D eigenvalue weighted by Gasteiger charge is -2.22. The summed E-state index contributed by atoms with van der Waals surface area (Å²) in [4.78, 5) is 23.5. The zero-order chi connectivity index (χ0) is 14.0. The Morgan fingerprint density at radius 2 is 2.11 bits per heavy atom. The second-order valence-electron chi connectivity index (χ2n) is 3.76. The third kappa shape index (κ3) is 7.86. The van der Waals surface area contributed by atoms with Gasteiger partial charge in [-0.3, -0.25) is 4.79 Å². The number of carboxylic acids is 1. The molecule has 0 aromatic carbocycles. The second kappa shape index (κ2) is 9.67. The van der Waals surface area contributed by atoms with Crippen molar-refractivity contribution in [1.29, 1.82) is 0 Å². The van der Waals surface area contributed by atoms with Gasteiger partial charge in [0, 0.05) is 26.8 Å². The molecule has 0 aliphatic heterocycles. The van der Waals surface area contributed by atoms with Crippen LogP contribution in [0.4, 0.5) is 4.79 Å². The summed E-state index contributed by atoms with van der Waals surface area (Å²) >= 11 is 0. The number of hydrogen-bond donors (Lipinski definition) is 2. The maximum atomic E-state index is 11.7. The number of aliphatic carboxylic acids is 1. The van der Waals surface area contributed by atoms with Gasteiger partial charge in [0.25, 0.3) is 0 Å². The number of amides is 2. The molecule has 0 aliphatic carbocycles. The van der Waals surface area contributed by atoms with Crippen LogP contribution >= 0.6 is 0 Å². The third-order valence-electron chi connectivity index (χ3n) is 2.17. The summed E-state index contributed by atoms with van der Waals surface area (Å²) in [6.45, 7) is 4.79. The molecule has 0 aromatic heterocycles. The molecule has 0 saturated carbocycles. The lowest BCUT2D eigenvalue weighted by Crippen LogP contribution is -2.46. The second-order valence-corrected chi connectivity index (χ2v) is 3.76. The van der Waals surface area contributed by atoms with Gasteiger partial charge in [-0.15, -0.1) is 0 Å². The number of ether oxygens (including phenoxy) is 2. The standard InChI is InChI=1S/C11H22N2O5/c1-4-18-9(2)7-12-11(16)13(5-6-17-3)8-10(14)15/h9H,4-8H2,1-3H3,(H,12,16)(H,14,15). The Balaban J connectivity index is 4.14. The first-order valence-corrected chi connectivity index (χ1v) is 5.86. The molecule has 2 N–H and O–H groups in total. The summed E-state index contributed by atoms with van der Waals surface area (Å²) in [6, 6.07) is -0.430. The van der Waals surface area contributed by atoms with Gasteiger partial charge < -0.3 is 24.8 Å². The molecule has 7 nitrogen and oxygen atoms in total. The maximum absolute atomic E-state index is 11.7. The highest BCUT2D eigenvalue weighted by molar-refractivity contribution is 5.80. The van der Waals surface area contributed by atoms with Crippen LogP contribution in [-0.2, 0) is 14.3 Å². The Kier molecular flexibility index (Phi) is 8.95. The monoisotopic (exact) mass is 262 g/mol. The number of hydrogen-bond acceptors (Lipinski definition) is 4. The van der Waals surface area contributed by atoms with Gasteiger partial charge in [0.05, 0.1) is 12.7 Å². The minimum absolute atomic E-state index is 0.104. The van der Waals surface area contributed by atoms with Crippen molar-refractivity contribution in [2.45, 2.75) is 20.0 Å². The zero-order valence-electron chi connectivity index (χ0n) is 11.1. The van der Waals surface area contributed by atoms with E-state index < -0.39 is 12.0 Å². The normalized spacial score (nSPS) is 11.9. The van der Waals surface area contributed by atoms with Crippen LogP contribution < -0.4 is 5.32 Å². The summed E-state index contributed by atoms with van der Waals surface area (Å²) in [5.41, 5.74) is 0. The Morgan fingerprint density at radius 3 is 2.61 bits per heavy atom. The summed E-state index contributed by atoms with van der Waals surface area (Å²) < 4.78 is 10.1. The van der Waals surface area contributed by atoms with Gasteiger partial charge in [-0.1, -0.05) is 0 Å². The van der Waals surface area contributed by atoms with Gasteiger partial charge in [-0.25, -0.2) is 4.79 Å². The van der Waals surface area contributed by atoms with Crippen molar-refractivity contribution in [3.05, 3.63) is 0 Å². The lowest BCUT2D eigenvalue weighted by molar-refractivity contribution is -0.137. The molecule has 0 heterocycles. The van der Waals surface area contributed by atoms with Gasteiger partial charge in [0.1, 0.15) is 6.54 Å². The largest absolute Gasteiger partial charge is 0.480 e. The first kappa shape index (κ1) is 16.7. The van der Waals surface area contributed by atoms with Crippen LogP contribution in [0.15, 0.2) is 0 Å². The molecule has 0 rings (SSSR count). The smallest absolute Gasteiger partial charge is 0.323 e. The van der Waals surface area contributed by atoms with Crippen LogP contribution in [0, 0.1) is 0 Å². The molecule has 0 bridgehead atoms. The van der Waals surface area contributed by atoms with E-state index in [9.17, 15) is 9.59 Å². The Bertz CT molecular complexity index is 260. The molecule has 0 fully saturated rings. The topological polar surface area (TPSA) is 88.1 Å². The predicted octanol–water partition coefficient (Wildman–Crippen LogP) is 0.154. The Labute approximate surface area is 107 Å². The van der Waals surface area contributed by atoms with Gasteiger partial charge in [-0.05, 0) is 13.8 Å². The first-order chi connectivity index (χ1) is 8.51. The molecule has 0 aromatic rings. The first-order valence-electron chi connectivity index (χ1n) is 5.86. The number of nitrogens with zero attached hydrogens (tertiary/aromatic N) is 1. The molecule has 1 unspecified atom stereocenters. The fraction of sp³-hybridized carbons (Fsp3) is 0.818. The van der Waals surface area contributed by atoms with Gasteiger partial charge in [-0.2, -0.15) is 0 Å². The van der Waals surface area contributed by atoms with E-state index in [4.69, 9.17) is 14.6 Å². The maximum Gasteiger partial charge on any atom is 0.323 e. The Hall–Kier alpha value is -1.34. The molecule has 7 heteroatoms. The average molecular weight is 262 g/mol. The number of nitrogens with one attached hydrogen (secondary N) is 1. The van der Waals surface area contributed by atoms with E-state index in [2.05, 4.69) is 5.32 Å². The molecule has 1 atom stereocenters. The Morgan fingerprint density at radius 1 is 1.44 bits per heavy atom. The van der Waals surface area contributed by atoms with Crippen LogP contribution in [0.5, 0.6) is 0 Å². The highest BCUT2D eigenvalue weighted by Gasteiger charge is 2.16. The summed E-state index contributed by atoms with van der Waals surface area (Å²) in [5.74, 6) is -1.06. The molecule has 0 spiro atoms. The van der Waals surface area contributed by atoms with Crippen LogP contribution in [0.3, 0.4) is 0 Å². The fourth-order valence-corrected chi connectivity index (χ4v) is 1.30. The van der Waals surface area contributed by atoms with E-state index in [0.717, 1.165) is 0 Å². The zero-order valence-corrected chi connectivity index (χ0v) is 11.1. The van der Waals surface area contributed by atoms with Gasteiger partial charge >= 0.3 is 12.0 Å². The molecular weight excluding hydrogens is 240 g/mol. The molecular formula is C11H22N2O5. The average Bonchev–Trinajstić information content (AvgIpc) is 2.31. The quantitative estimate of drug-likeness (QED) is 0.617. The van der Waals surface area contributed by atoms with Crippen molar-refractivity contribution in [2.75, 3.05) is 40.0 Å².